The van der Waals surface area contributed by atoms with Gasteiger partial charge in [-0.3, -0.25) is 0 Å². The van der Waals surface area contributed by atoms with Gasteiger partial charge in [0.05, 0.1) is 10.8 Å². The summed E-state index contributed by atoms with van der Waals surface area (Å²) in [4.78, 5) is 0. The van der Waals surface area contributed by atoms with Crippen molar-refractivity contribution in [2.75, 3.05) is 0 Å². The van der Waals surface area contributed by atoms with Crippen LogP contribution >= 0.6 is 0 Å². The highest BCUT2D eigenvalue weighted by Crippen LogP contribution is 2.32. The van der Waals surface area contributed by atoms with Crippen LogP contribution < -0.4 is 0 Å². The first-order chi connectivity index (χ1) is 9.40. The third-order valence-corrected chi connectivity index (χ3v) is 3.11. The zero-order valence-corrected chi connectivity index (χ0v) is 10.5. The van der Waals surface area contributed by atoms with Gasteiger partial charge in [0.15, 0.2) is 23.3 Å². The number of halogens is 6. The Kier molecular flexibility index (Phi) is 3.92. The van der Waals surface area contributed by atoms with Crippen molar-refractivity contribution in [3.8, 4) is 0 Å². The van der Waals surface area contributed by atoms with Crippen molar-refractivity contribution in [1.82, 2.24) is 0 Å². The highest BCUT2D eigenvalue weighted by atomic mass is 19.2. The molecule has 2 rings (SSSR count). The SMILES string of the molecule is CCCCc1cc(F)c2c(F)c(F)c(F)c(F)c2c1F. The molecular formula is C14H10F6. The maximum Gasteiger partial charge on any atom is 0.198 e. The van der Waals surface area contributed by atoms with Crippen LogP contribution in [-0.4, -0.2) is 0 Å². The van der Waals surface area contributed by atoms with E-state index in [4.69, 9.17) is 0 Å². The van der Waals surface area contributed by atoms with Crippen LogP contribution in [0.1, 0.15) is 25.3 Å². The van der Waals surface area contributed by atoms with Crippen molar-refractivity contribution in [2.24, 2.45) is 0 Å². The van der Waals surface area contributed by atoms with Gasteiger partial charge >= 0.3 is 0 Å². The molecule has 20 heavy (non-hydrogen) atoms. The molecule has 0 radical (unpaired) electrons. The van der Waals surface area contributed by atoms with E-state index in [0.29, 0.717) is 18.9 Å². The normalized spacial score (nSPS) is 11.3. The minimum atomic E-state index is -2.16. The summed E-state index contributed by atoms with van der Waals surface area (Å²) in [6, 6.07) is 0.688. The lowest BCUT2D eigenvalue weighted by Gasteiger charge is -2.10. The van der Waals surface area contributed by atoms with Crippen molar-refractivity contribution in [2.45, 2.75) is 26.2 Å². The summed E-state index contributed by atoms with van der Waals surface area (Å²) in [5.41, 5.74) is -0.193. The largest absolute Gasteiger partial charge is 0.206 e. The first-order valence-electron chi connectivity index (χ1n) is 6.02. The monoisotopic (exact) mass is 292 g/mol. The summed E-state index contributed by atoms with van der Waals surface area (Å²) in [6.45, 7) is 1.81. The summed E-state index contributed by atoms with van der Waals surface area (Å²) < 4.78 is 81.1. The molecule has 0 heterocycles. The topological polar surface area (TPSA) is 0 Å². The molecule has 0 aromatic heterocycles. The number of aryl methyl sites for hydroxylation is 1. The Morgan fingerprint density at radius 3 is 1.85 bits per heavy atom. The fraction of sp³-hybridized carbons (Fsp3) is 0.286. The summed E-state index contributed by atoms with van der Waals surface area (Å²) in [5, 5.41) is -2.40. The van der Waals surface area contributed by atoms with Crippen LogP contribution in [0.25, 0.3) is 10.8 Å². The molecule has 0 bridgehead atoms. The second-order valence-corrected chi connectivity index (χ2v) is 4.44. The van der Waals surface area contributed by atoms with Crippen molar-refractivity contribution in [3.05, 3.63) is 46.5 Å². The minimum Gasteiger partial charge on any atom is -0.206 e. The molecule has 0 nitrogen and oxygen atoms in total. The molecule has 108 valence electrons. The Hall–Kier alpha value is -1.72. The van der Waals surface area contributed by atoms with E-state index in [1.54, 1.807) is 0 Å². The number of hydrogen-bond donors (Lipinski definition) is 0. The van der Waals surface area contributed by atoms with Gasteiger partial charge in [-0.1, -0.05) is 13.3 Å². The van der Waals surface area contributed by atoms with Crippen LogP contribution in [0.4, 0.5) is 26.3 Å². The maximum atomic E-state index is 14.1. The van der Waals surface area contributed by atoms with Crippen LogP contribution in [0.3, 0.4) is 0 Å². The number of hydrogen-bond acceptors (Lipinski definition) is 0. The maximum absolute atomic E-state index is 14.1. The lowest BCUT2D eigenvalue weighted by atomic mass is 10.0. The van der Waals surface area contributed by atoms with Gasteiger partial charge < -0.3 is 0 Å². The molecule has 2 aromatic carbocycles. The average Bonchev–Trinajstić information content (AvgIpc) is 2.42. The fourth-order valence-corrected chi connectivity index (χ4v) is 2.06. The zero-order valence-electron chi connectivity index (χ0n) is 10.5. The Balaban J connectivity index is 2.86. The molecular weight excluding hydrogens is 282 g/mol. The Morgan fingerprint density at radius 1 is 0.750 bits per heavy atom. The van der Waals surface area contributed by atoms with E-state index in [1.165, 1.54) is 0 Å². The van der Waals surface area contributed by atoms with Crippen LogP contribution in [-0.2, 0) is 6.42 Å². The number of benzene rings is 2. The quantitative estimate of drug-likeness (QED) is 0.423. The van der Waals surface area contributed by atoms with Gasteiger partial charge in [0.2, 0.25) is 0 Å². The van der Waals surface area contributed by atoms with Crippen LogP contribution in [0, 0.1) is 34.9 Å². The summed E-state index contributed by atoms with van der Waals surface area (Å²) in [5.74, 6) is -10.7. The predicted molar refractivity (Wildman–Crippen MR) is 62.3 cm³/mol. The first kappa shape index (κ1) is 14.7. The summed E-state index contributed by atoms with van der Waals surface area (Å²) >= 11 is 0. The third kappa shape index (κ3) is 2.13. The number of unbranched alkanes of at least 4 members (excludes halogenated alkanes) is 1. The van der Waals surface area contributed by atoms with Crippen LogP contribution in [0.5, 0.6) is 0 Å². The standard InChI is InChI=1S/C14H10F6/c1-2-3-4-6-5-7(15)8-9(10(6)16)12(18)14(20)13(19)11(8)17/h5H,2-4H2,1H3. The van der Waals surface area contributed by atoms with Crippen LogP contribution in [0.15, 0.2) is 6.07 Å². The number of fused-ring (bicyclic) bond motifs is 1. The van der Waals surface area contributed by atoms with Gasteiger partial charge in [-0.15, -0.1) is 0 Å². The highest BCUT2D eigenvalue weighted by Gasteiger charge is 2.26. The summed E-state index contributed by atoms with van der Waals surface area (Å²) in [7, 11) is 0. The zero-order chi connectivity index (χ0) is 15.0. The van der Waals surface area contributed by atoms with E-state index < -0.39 is 45.7 Å². The van der Waals surface area contributed by atoms with Gasteiger partial charge in [-0.25, -0.2) is 26.3 Å². The van der Waals surface area contributed by atoms with E-state index in [9.17, 15) is 26.3 Å². The molecule has 0 fully saturated rings. The number of rotatable bonds is 3. The average molecular weight is 292 g/mol. The lowest BCUT2D eigenvalue weighted by molar-refractivity contribution is 0.414. The molecule has 0 amide bonds. The predicted octanol–water partition coefficient (Wildman–Crippen LogP) is 5.02. The second-order valence-electron chi connectivity index (χ2n) is 4.44. The highest BCUT2D eigenvalue weighted by molar-refractivity contribution is 5.86. The van der Waals surface area contributed by atoms with E-state index in [2.05, 4.69) is 0 Å². The molecule has 6 heteroatoms. The molecule has 0 aliphatic heterocycles. The molecule has 0 saturated carbocycles. The molecule has 0 N–H and O–H groups in total. The molecule has 0 aliphatic rings. The third-order valence-electron chi connectivity index (χ3n) is 3.11. The Bertz CT molecular complexity index is 678. The smallest absolute Gasteiger partial charge is 0.198 e. The van der Waals surface area contributed by atoms with E-state index in [-0.39, 0.29) is 12.0 Å². The van der Waals surface area contributed by atoms with Gasteiger partial charge in [-0.05, 0) is 24.5 Å². The fourth-order valence-electron chi connectivity index (χ4n) is 2.06. The summed E-state index contributed by atoms with van der Waals surface area (Å²) in [6.07, 6.45) is 1.26. The van der Waals surface area contributed by atoms with Gasteiger partial charge in [0.1, 0.15) is 11.6 Å². The van der Waals surface area contributed by atoms with E-state index in [0.717, 1.165) is 0 Å². The molecule has 2 aromatic rings. The van der Waals surface area contributed by atoms with Crippen molar-refractivity contribution in [1.29, 1.82) is 0 Å². The van der Waals surface area contributed by atoms with Crippen molar-refractivity contribution < 1.29 is 26.3 Å². The van der Waals surface area contributed by atoms with E-state index in [1.807, 2.05) is 6.92 Å². The Labute approximate surface area is 111 Å². The molecule has 0 aliphatic carbocycles. The van der Waals surface area contributed by atoms with E-state index >= 15 is 0 Å². The molecule has 0 saturated heterocycles. The molecule has 0 spiro atoms. The Morgan fingerprint density at radius 2 is 1.30 bits per heavy atom. The van der Waals surface area contributed by atoms with Crippen LogP contribution in [0.2, 0.25) is 0 Å². The first-order valence-corrected chi connectivity index (χ1v) is 6.02. The lowest BCUT2D eigenvalue weighted by Crippen LogP contribution is -2.04. The minimum absolute atomic E-state index is 0.0925. The molecule has 0 unspecified atom stereocenters. The van der Waals surface area contributed by atoms with Gasteiger partial charge in [-0.2, -0.15) is 0 Å². The van der Waals surface area contributed by atoms with Crippen molar-refractivity contribution >= 4 is 10.8 Å². The van der Waals surface area contributed by atoms with Gasteiger partial charge in [0, 0.05) is 0 Å². The van der Waals surface area contributed by atoms with Gasteiger partial charge in [0.25, 0.3) is 0 Å². The van der Waals surface area contributed by atoms with Crippen molar-refractivity contribution in [3.63, 3.8) is 0 Å². The molecule has 0 atom stereocenters. The second kappa shape index (κ2) is 5.34.